The molecule has 0 unspecified atom stereocenters. The first-order valence-electron chi connectivity index (χ1n) is 2.89. The van der Waals surface area contributed by atoms with Gasteiger partial charge in [-0.2, -0.15) is 4.57 Å². The second-order valence-electron chi connectivity index (χ2n) is 1.77. The Morgan fingerprint density at radius 1 is 1.78 bits per heavy atom. The lowest BCUT2D eigenvalue weighted by Crippen LogP contribution is -2.22. The molecule has 3 nitrogen and oxygen atoms in total. The molecule has 0 saturated heterocycles. The molecule has 9 heavy (non-hydrogen) atoms. The summed E-state index contributed by atoms with van der Waals surface area (Å²) in [6.07, 6.45) is 3.37. The zero-order valence-electron chi connectivity index (χ0n) is 5.63. The first kappa shape index (κ1) is 6.13. The molecule has 0 saturated carbocycles. The Labute approximate surface area is 53.9 Å². The van der Waals surface area contributed by atoms with Crippen molar-refractivity contribution in [2.45, 2.75) is 6.92 Å². The van der Waals surface area contributed by atoms with Gasteiger partial charge in [0.25, 0.3) is 6.20 Å². The van der Waals surface area contributed by atoms with Crippen LogP contribution in [-0.4, -0.2) is 6.61 Å². The Morgan fingerprint density at radius 2 is 2.56 bits per heavy atom. The number of rotatable bonds is 2. The Balaban J connectivity index is 2.61. The summed E-state index contributed by atoms with van der Waals surface area (Å²) >= 11 is 0. The second-order valence-corrected chi connectivity index (χ2v) is 1.77. The van der Waals surface area contributed by atoms with E-state index < -0.39 is 0 Å². The summed E-state index contributed by atoms with van der Waals surface area (Å²) in [4.78, 5) is 0. The largest absolute Gasteiger partial charge is 0.461 e. The molecule has 0 aliphatic carbocycles. The van der Waals surface area contributed by atoms with Crippen LogP contribution in [0.15, 0.2) is 17.0 Å². The maximum atomic E-state index is 5.04. The highest BCUT2D eigenvalue weighted by Gasteiger charge is 2.01. The van der Waals surface area contributed by atoms with Crippen LogP contribution in [0.1, 0.15) is 6.92 Å². The predicted molar refractivity (Wildman–Crippen MR) is 31.1 cm³/mol. The average molecular weight is 128 g/mol. The van der Waals surface area contributed by atoms with E-state index in [9.17, 15) is 0 Å². The van der Waals surface area contributed by atoms with E-state index in [1.54, 1.807) is 17.2 Å². The highest BCUT2D eigenvalue weighted by atomic mass is 16.6. The van der Waals surface area contributed by atoms with E-state index in [2.05, 4.69) is 0 Å². The van der Waals surface area contributed by atoms with Crippen molar-refractivity contribution in [3.63, 3.8) is 0 Å². The lowest BCUT2D eigenvalue weighted by molar-refractivity contribution is -0.674. The minimum atomic E-state index is 0.569. The Hall–Kier alpha value is -0.990. The number of aryl methyl sites for hydroxylation is 1. The van der Waals surface area contributed by atoms with Gasteiger partial charge in [0.1, 0.15) is 7.05 Å². The average Bonchev–Trinajstić information content (AvgIpc) is 2.17. The molecule has 0 radical (unpaired) electrons. The van der Waals surface area contributed by atoms with Crippen molar-refractivity contribution >= 4 is 0 Å². The Bertz CT molecular complexity index is 183. The van der Waals surface area contributed by atoms with E-state index in [0.29, 0.717) is 12.6 Å². The molecule has 0 bridgehead atoms. The lowest BCUT2D eigenvalue weighted by Gasteiger charge is -1.89. The normalized spacial score (nSPS) is 9.56. The van der Waals surface area contributed by atoms with Crippen molar-refractivity contribution in [3.05, 3.63) is 12.6 Å². The van der Waals surface area contributed by atoms with Gasteiger partial charge in [-0.05, 0) is 6.92 Å². The fourth-order valence-corrected chi connectivity index (χ4v) is 0.576. The van der Waals surface area contributed by atoms with E-state index >= 15 is 0 Å². The van der Waals surface area contributed by atoms with Crippen LogP contribution < -0.4 is 9.30 Å². The smallest absolute Gasteiger partial charge is 0.355 e. The molecule has 3 heteroatoms. The molecule has 0 aromatic carbocycles. The number of hydrogen-bond donors (Lipinski definition) is 0. The summed E-state index contributed by atoms with van der Waals surface area (Å²) in [5.41, 5.74) is 0. The summed E-state index contributed by atoms with van der Waals surface area (Å²) in [6, 6.07) is 0. The van der Waals surface area contributed by atoms with Gasteiger partial charge in [0.05, 0.1) is 6.61 Å². The van der Waals surface area contributed by atoms with Gasteiger partial charge in [-0.3, -0.25) is 0 Å². The standard InChI is InChI=1S/C6H10NO2/c1-3-8-6-4-7(2)5-9-6/h4-5H,3H2,1-2H3/q+1. The minimum absolute atomic E-state index is 0.569. The molecule has 1 rings (SSSR count). The van der Waals surface area contributed by atoms with Gasteiger partial charge < -0.3 is 9.15 Å². The third kappa shape index (κ3) is 1.45. The van der Waals surface area contributed by atoms with Crippen LogP contribution in [0.5, 0.6) is 5.95 Å². The number of hydrogen-bond acceptors (Lipinski definition) is 2. The fourth-order valence-electron chi connectivity index (χ4n) is 0.576. The van der Waals surface area contributed by atoms with Gasteiger partial charge in [-0.15, -0.1) is 0 Å². The SMILES string of the molecule is CCOc1c[n+](C)co1. The van der Waals surface area contributed by atoms with Gasteiger partial charge in [-0.25, -0.2) is 0 Å². The van der Waals surface area contributed by atoms with Crippen molar-refractivity contribution in [2.24, 2.45) is 7.05 Å². The molecular formula is C6H10NO2+. The highest BCUT2D eigenvalue weighted by Crippen LogP contribution is 2.04. The van der Waals surface area contributed by atoms with E-state index in [0.717, 1.165) is 0 Å². The quantitative estimate of drug-likeness (QED) is 0.542. The fraction of sp³-hybridized carbons (Fsp3) is 0.500. The van der Waals surface area contributed by atoms with Crippen LogP contribution in [0.4, 0.5) is 0 Å². The van der Waals surface area contributed by atoms with E-state index in [1.807, 2.05) is 14.0 Å². The molecule has 0 N–H and O–H groups in total. The van der Waals surface area contributed by atoms with Crippen LogP contribution in [0.25, 0.3) is 0 Å². The van der Waals surface area contributed by atoms with Crippen LogP contribution in [0.3, 0.4) is 0 Å². The molecule has 0 aliphatic heterocycles. The predicted octanol–water partition coefficient (Wildman–Crippen LogP) is 0.503. The zero-order valence-corrected chi connectivity index (χ0v) is 5.63. The summed E-state index contributed by atoms with van der Waals surface area (Å²) < 4.78 is 11.8. The molecule has 0 aliphatic rings. The maximum absolute atomic E-state index is 5.04. The van der Waals surface area contributed by atoms with Crippen molar-refractivity contribution in [1.29, 1.82) is 0 Å². The minimum Gasteiger partial charge on any atom is -0.461 e. The van der Waals surface area contributed by atoms with Crippen molar-refractivity contribution in [2.75, 3.05) is 6.61 Å². The number of nitrogens with zero attached hydrogens (tertiary/aromatic N) is 1. The van der Waals surface area contributed by atoms with Crippen molar-refractivity contribution < 1.29 is 13.7 Å². The first-order valence-corrected chi connectivity index (χ1v) is 2.89. The summed E-state index contributed by atoms with van der Waals surface area (Å²) in [7, 11) is 1.88. The van der Waals surface area contributed by atoms with E-state index in [-0.39, 0.29) is 0 Å². The highest BCUT2D eigenvalue weighted by molar-refractivity contribution is 4.89. The molecule has 1 heterocycles. The second kappa shape index (κ2) is 2.53. The number of oxazole rings is 1. The Morgan fingerprint density at radius 3 is 3.00 bits per heavy atom. The van der Waals surface area contributed by atoms with Crippen LogP contribution in [0, 0.1) is 0 Å². The zero-order chi connectivity index (χ0) is 6.69. The molecule has 1 aromatic heterocycles. The van der Waals surface area contributed by atoms with Crippen molar-refractivity contribution in [3.8, 4) is 5.95 Å². The van der Waals surface area contributed by atoms with Gasteiger partial charge in [0, 0.05) is 0 Å². The molecular weight excluding hydrogens is 118 g/mol. The summed E-state index contributed by atoms with van der Waals surface area (Å²) in [5.74, 6) is 0.569. The summed E-state index contributed by atoms with van der Waals surface area (Å²) in [5, 5.41) is 0. The number of aromatic nitrogens is 1. The molecule has 0 amide bonds. The molecule has 1 aromatic rings. The van der Waals surface area contributed by atoms with Gasteiger partial charge in [-0.1, -0.05) is 0 Å². The first-order chi connectivity index (χ1) is 4.33. The van der Waals surface area contributed by atoms with Gasteiger partial charge >= 0.3 is 12.3 Å². The summed E-state index contributed by atoms with van der Waals surface area (Å²) in [6.45, 7) is 2.57. The molecule has 0 fully saturated rings. The third-order valence-corrected chi connectivity index (χ3v) is 0.931. The third-order valence-electron chi connectivity index (χ3n) is 0.931. The van der Waals surface area contributed by atoms with Crippen LogP contribution in [-0.2, 0) is 7.05 Å². The topological polar surface area (TPSA) is 26.2 Å². The van der Waals surface area contributed by atoms with Crippen LogP contribution >= 0.6 is 0 Å². The molecule has 0 atom stereocenters. The lowest BCUT2D eigenvalue weighted by atomic mass is 10.8. The molecule has 0 spiro atoms. The Kier molecular flexibility index (Phi) is 1.72. The van der Waals surface area contributed by atoms with Gasteiger partial charge in [0.2, 0.25) is 0 Å². The van der Waals surface area contributed by atoms with E-state index in [1.165, 1.54) is 0 Å². The van der Waals surface area contributed by atoms with Gasteiger partial charge in [0.15, 0.2) is 0 Å². The van der Waals surface area contributed by atoms with E-state index in [4.69, 9.17) is 9.15 Å². The van der Waals surface area contributed by atoms with Crippen molar-refractivity contribution in [1.82, 2.24) is 0 Å². The monoisotopic (exact) mass is 128 g/mol. The number of ether oxygens (including phenoxy) is 1. The molecule has 50 valence electrons. The maximum Gasteiger partial charge on any atom is 0.355 e. The van der Waals surface area contributed by atoms with Crippen LogP contribution in [0.2, 0.25) is 0 Å².